The number of H-pyrrole nitrogens is 1. The van der Waals surface area contributed by atoms with Crippen molar-refractivity contribution in [3.8, 4) is 0 Å². The molecule has 0 spiro atoms. The molecule has 2 heterocycles. The predicted molar refractivity (Wildman–Crippen MR) is 70.7 cm³/mol. The van der Waals surface area contributed by atoms with Crippen LogP contribution in [0.15, 0.2) is 12.4 Å². The number of hydrogen-bond acceptors (Lipinski definition) is 3. The van der Waals surface area contributed by atoms with Crippen LogP contribution < -0.4 is 5.32 Å². The summed E-state index contributed by atoms with van der Waals surface area (Å²) in [6.07, 6.45) is 5.91. The van der Waals surface area contributed by atoms with Gasteiger partial charge in [0.05, 0.1) is 17.6 Å². The lowest BCUT2D eigenvalue weighted by atomic mass is 9.89. The molecular formula is C13H17N5O. The summed E-state index contributed by atoms with van der Waals surface area (Å²) in [6.45, 7) is 1.95. The summed E-state index contributed by atoms with van der Waals surface area (Å²) in [4.78, 5) is 19.9. The van der Waals surface area contributed by atoms with Gasteiger partial charge in [-0.25, -0.2) is 4.98 Å². The first-order valence-electron chi connectivity index (χ1n) is 6.45. The molecule has 3 rings (SSSR count). The van der Waals surface area contributed by atoms with E-state index in [4.69, 9.17) is 0 Å². The Bertz CT molecular complexity index is 612. The van der Waals surface area contributed by atoms with Gasteiger partial charge in [-0.3, -0.25) is 9.48 Å². The van der Waals surface area contributed by atoms with E-state index in [1.807, 2.05) is 14.0 Å². The zero-order chi connectivity index (χ0) is 13.4. The molecule has 1 aliphatic carbocycles. The highest BCUT2D eigenvalue weighted by Crippen LogP contribution is 2.24. The van der Waals surface area contributed by atoms with Crippen LogP contribution in [0.25, 0.3) is 0 Å². The zero-order valence-electron chi connectivity index (χ0n) is 11.1. The maximum atomic E-state index is 12.2. The maximum Gasteiger partial charge on any atom is 0.227 e. The number of nitrogens with zero attached hydrogens (tertiary/aromatic N) is 3. The average molecular weight is 259 g/mol. The van der Waals surface area contributed by atoms with Crippen LogP contribution in [0.4, 0.5) is 5.69 Å². The highest BCUT2D eigenvalue weighted by Gasteiger charge is 2.26. The number of nitrogens with one attached hydrogen (secondary N) is 2. The van der Waals surface area contributed by atoms with Crippen LogP contribution in [0.5, 0.6) is 0 Å². The zero-order valence-corrected chi connectivity index (χ0v) is 11.1. The third kappa shape index (κ3) is 2.38. The van der Waals surface area contributed by atoms with Gasteiger partial charge in [-0.2, -0.15) is 5.10 Å². The van der Waals surface area contributed by atoms with Gasteiger partial charge in [0, 0.05) is 31.3 Å². The second kappa shape index (κ2) is 4.53. The molecule has 0 aromatic carbocycles. The molecule has 0 saturated heterocycles. The second-order valence-electron chi connectivity index (χ2n) is 5.08. The van der Waals surface area contributed by atoms with Gasteiger partial charge >= 0.3 is 0 Å². The minimum atomic E-state index is 0.00700. The van der Waals surface area contributed by atoms with E-state index in [1.54, 1.807) is 17.1 Å². The van der Waals surface area contributed by atoms with Crippen molar-refractivity contribution < 1.29 is 4.79 Å². The van der Waals surface area contributed by atoms with Crippen molar-refractivity contribution in [2.45, 2.75) is 26.2 Å². The van der Waals surface area contributed by atoms with Crippen molar-refractivity contribution in [1.82, 2.24) is 19.7 Å². The summed E-state index contributed by atoms with van der Waals surface area (Å²) in [5, 5.41) is 6.95. The summed E-state index contributed by atoms with van der Waals surface area (Å²) in [5.41, 5.74) is 2.97. The average Bonchev–Trinajstić information content (AvgIpc) is 2.93. The summed E-state index contributed by atoms with van der Waals surface area (Å²) in [5.74, 6) is 0.997. The molecule has 0 bridgehead atoms. The molecule has 1 unspecified atom stereocenters. The fourth-order valence-electron chi connectivity index (χ4n) is 2.58. The van der Waals surface area contributed by atoms with Gasteiger partial charge < -0.3 is 10.3 Å². The Morgan fingerprint density at radius 2 is 2.42 bits per heavy atom. The number of imidazole rings is 1. The molecule has 1 amide bonds. The Balaban J connectivity index is 1.69. The third-order valence-corrected chi connectivity index (χ3v) is 3.51. The second-order valence-corrected chi connectivity index (χ2v) is 5.08. The van der Waals surface area contributed by atoms with Gasteiger partial charge in [-0.1, -0.05) is 0 Å². The number of carbonyl (C=O) groups is 1. The quantitative estimate of drug-likeness (QED) is 0.850. The standard InChI is InChI=1S/C13H17N5O/c1-8-15-11-4-3-9(5-12(11)16-8)13(19)17-10-6-14-18(2)7-10/h6-7,9H,3-5H2,1-2H3,(H,15,16)(H,17,19). The normalized spacial score (nSPS) is 18.1. The third-order valence-electron chi connectivity index (χ3n) is 3.51. The molecule has 6 heteroatoms. The lowest BCUT2D eigenvalue weighted by molar-refractivity contribution is -0.120. The first-order valence-corrected chi connectivity index (χ1v) is 6.45. The Hall–Kier alpha value is -2.11. The number of anilines is 1. The molecular weight excluding hydrogens is 242 g/mol. The molecule has 2 N–H and O–H groups in total. The van der Waals surface area contributed by atoms with E-state index in [0.717, 1.165) is 42.2 Å². The highest BCUT2D eigenvalue weighted by atomic mass is 16.1. The van der Waals surface area contributed by atoms with Crippen molar-refractivity contribution in [3.05, 3.63) is 29.6 Å². The molecule has 0 radical (unpaired) electrons. The van der Waals surface area contributed by atoms with E-state index < -0.39 is 0 Å². The van der Waals surface area contributed by atoms with Crippen molar-refractivity contribution in [3.63, 3.8) is 0 Å². The SMILES string of the molecule is Cc1nc2c([nH]1)CC(C(=O)Nc1cnn(C)c1)CC2. The molecule has 19 heavy (non-hydrogen) atoms. The number of rotatable bonds is 2. The summed E-state index contributed by atoms with van der Waals surface area (Å²) < 4.78 is 1.67. The van der Waals surface area contributed by atoms with Gasteiger partial charge in [-0.15, -0.1) is 0 Å². The number of fused-ring (bicyclic) bond motifs is 1. The Morgan fingerprint density at radius 3 is 3.16 bits per heavy atom. The van der Waals surface area contributed by atoms with E-state index in [1.165, 1.54) is 0 Å². The minimum absolute atomic E-state index is 0.00700. The molecule has 100 valence electrons. The van der Waals surface area contributed by atoms with Crippen LogP contribution in [0, 0.1) is 12.8 Å². The van der Waals surface area contributed by atoms with Gasteiger partial charge in [0.2, 0.25) is 5.91 Å². The fraction of sp³-hybridized carbons (Fsp3) is 0.462. The Kier molecular flexibility index (Phi) is 2.85. The van der Waals surface area contributed by atoms with Crippen LogP contribution in [-0.2, 0) is 24.7 Å². The Morgan fingerprint density at radius 1 is 1.58 bits per heavy atom. The molecule has 2 aromatic rings. The molecule has 6 nitrogen and oxygen atoms in total. The summed E-state index contributed by atoms with van der Waals surface area (Å²) in [6, 6.07) is 0. The van der Waals surface area contributed by atoms with Crippen molar-refractivity contribution >= 4 is 11.6 Å². The van der Waals surface area contributed by atoms with Gasteiger partial charge in [0.1, 0.15) is 5.82 Å². The van der Waals surface area contributed by atoms with Crippen LogP contribution in [-0.4, -0.2) is 25.7 Å². The predicted octanol–water partition coefficient (Wildman–Crippen LogP) is 1.20. The lowest BCUT2D eigenvalue weighted by Gasteiger charge is -2.20. The molecule has 0 aliphatic heterocycles. The summed E-state index contributed by atoms with van der Waals surface area (Å²) in [7, 11) is 1.83. The number of aryl methyl sites for hydroxylation is 3. The van der Waals surface area contributed by atoms with Crippen LogP contribution in [0.2, 0.25) is 0 Å². The topological polar surface area (TPSA) is 75.6 Å². The Labute approximate surface area is 111 Å². The van der Waals surface area contributed by atoms with E-state index in [0.29, 0.717) is 0 Å². The van der Waals surface area contributed by atoms with E-state index in [-0.39, 0.29) is 11.8 Å². The van der Waals surface area contributed by atoms with Gasteiger partial charge in [0.15, 0.2) is 0 Å². The van der Waals surface area contributed by atoms with E-state index in [9.17, 15) is 4.79 Å². The number of hydrogen-bond donors (Lipinski definition) is 2. The lowest BCUT2D eigenvalue weighted by Crippen LogP contribution is -2.28. The van der Waals surface area contributed by atoms with Crippen LogP contribution >= 0.6 is 0 Å². The van der Waals surface area contributed by atoms with E-state index >= 15 is 0 Å². The molecule has 0 fully saturated rings. The molecule has 1 aliphatic rings. The smallest absolute Gasteiger partial charge is 0.227 e. The minimum Gasteiger partial charge on any atom is -0.346 e. The largest absolute Gasteiger partial charge is 0.346 e. The van der Waals surface area contributed by atoms with Crippen molar-refractivity contribution in [2.24, 2.45) is 13.0 Å². The highest BCUT2D eigenvalue weighted by molar-refractivity contribution is 5.92. The fourth-order valence-corrected chi connectivity index (χ4v) is 2.58. The van der Waals surface area contributed by atoms with Crippen molar-refractivity contribution in [1.29, 1.82) is 0 Å². The first-order chi connectivity index (χ1) is 9.11. The number of carbonyl (C=O) groups excluding carboxylic acids is 1. The number of aromatic nitrogens is 4. The van der Waals surface area contributed by atoms with Crippen LogP contribution in [0.3, 0.4) is 0 Å². The molecule has 0 saturated carbocycles. The van der Waals surface area contributed by atoms with E-state index in [2.05, 4.69) is 20.4 Å². The monoisotopic (exact) mass is 259 g/mol. The maximum absolute atomic E-state index is 12.2. The van der Waals surface area contributed by atoms with Crippen LogP contribution in [0.1, 0.15) is 23.6 Å². The summed E-state index contributed by atoms with van der Waals surface area (Å²) >= 11 is 0. The molecule has 1 atom stereocenters. The van der Waals surface area contributed by atoms with Crippen molar-refractivity contribution in [2.75, 3.05) is 5.32 Å². The number of amides is 1. The van der Waals surface area contributed by atoms with Gasteiger partial charge in [-0.05, 0) is 19.8 Å². The molecule has 2 aromatic heterocycles. The first kappa shape index (κ1) is 12.0. The van der Waals surface area contributed by atoms with Gasteiger partial charge in [0.25, 0.3) is 0 Å². The number of aromatic amines is 1.